The zero-order valence-corrected chi connectivity index (χ0v) is 14.9. The van der Waals surface area contributed by atoms with Crippen molar-refractivity contribution in [1.82, 2.24) is 5.32 Å². The van der Waals surface area contributed by atoms with Gasteiger partial charge in [0.05, 0.1) is 0 Å². The summed E-state index contributed by atoms with van der Waals surface area (Å²) in [5, 5.41) is 3.70. The SMILES string of the molecule is CCCCC1CCC(CCCOCC)(CNCCC)CC1. The number of nitrogens with one attached hydrogen (secondary N) is 1. The summed E-state index contributed by atoms with van der Waals surface area (Å²) in [6.45, 7) is 10.9. The van der Waals surface area contributed by atoms with E-state index in [0.717, 1.165) is 19.1 Å². The van der Waals surface area contributed by atoms with Gasteiger partial charge < -0.3 is 10.1 Å². The summed E-state index contributed by atoms with van der Waals surface area (Å²) >= 11 is 0. The van der Waals surface area contributed by atoms with Crippen LogP contribution in [0.25, 0.3) is 0 Å². The number of hydrogen-bond donors (Lipinski definition) is 1. The van der Waals surface area contributed by atoms with E-state index in [1.807, 2.05) is 0 Å². The molecule has 0 radical (unpaired) electrons. The van der Waals surface area contributed by atoms with E-state index in [1.54, 1.807) is 0 Å². The van der Waals surface area contributed by atoms with E-state index < -0.39 is 0 Å². The topological polar surface area (TPSA) is 21.3 Å². The molecule has 0 amide bonds. The Labute approximate surface area is 133 Å². The number of rotatable bonds is 12. The van der Waals surface area contributed by atoms with Crippen molar-refractivity contribution >= 4 is 0 Å². The van der Waals surface area contributed by atoms with Gasteiger partial charge >= 0.3 is 0 Å². The lowest BCUT2D eigenvalue weighted by Gasteiger charge is -2.41. The third kappa shape index (κ3) is 7.65. The van der Waals surface area contributed by atoms with E-state index in [-0.39, 0.29) is 0 Å². The molecule has 0 aromatic rings. The van der Waals surface area contributed by atoms with Crippen LogP contribution in [0, 0.1) is 11.3 Å². The van der Waals surface area contributed by atoms with Crippen molar-refractivity contribution < 1.29 is 4.74 Å². The van der Waals surface area contributed by atoms with Crippen LogP contribution in [-0.2, 0) is 4.74 Å². The van der Waals surface area contributed by atoms with Crippen LogP contribution in [0.3, 0.4) is 0 Å². The summed E-state index contributed by atoms with van der Waals surface area (Å²) in [6.07, 6.45) is 13.9. The average Bonchev–Trinajstić information content (AvgIpc) is 2.51. The highest BCUT2D eigenvalue weighted by Crippen LogP contribution is 2.43. The van der Waals surface area contributed by atoms with Gasteiger partial charge in [-0.25, -0.2) is 0 Å². The molecule has 2 heteroatoms. The molecule has 1 fully saturated rings. The Kier molecular flexibility index (Phi) is 10.4. The van der Waals surface area contributed by atoms with Crippen LogP contribution in [0.15, 0.2) is 0 Å². The molecule has 0 aromatic heterocycles. The molecule has 1 rings (SSSR count). The quantitative estimate of drug-likeness (QED) is 0.502. The van der Waals surface area contributed by atoms with Crippen LogP contribution in [0.2, 0.25) is 0 Å². The van der Waals surface area contributed by atoms with Crippen LogP contribution in [-0.4, -0.2) is 26.3 Å². The van der Waals surface area contributed by atoms with Crippen LogP contribution in [0.4, 0.5) is 0 Å². The zero-order chi connectivity index (χ0) is 15.4. The van der Waals surface area contributed by atoms with Crippen LogP contribution in [0.1, 0.15) is 85.0 Å². The largest absolute Gasteiger partial charge is 0.382 e. The second-order valence-corrected chi connectivity index (χ2v) is 7.06. The maximum absolute atomic E-state index is 5.55. The van der Waals surface area contributed by atoms with Gasteiger partial charge in [-0.15, -0.1) is 0 Å². The van der Waals surface area contributed by atoms with Crippen molar-refractivity contribution in [3.05, 3.63) is 0 Å². The molecular weight excluding hydrogens is 258 g/mol. The maximum Gasteiger partial charge on any atom is 0.0466 e. The number of ether oxygens (including phenoxy) is 1. The Balaban J connectivity index is 2.38. The molecule has 0 spiro atoms. The zero-order valence-electron chi connectivity index (χ0n) is 14.9. The highest BCUT2D eigenvalue weighted by atomic mass is 16.5. The highest BCUT2D eigenvalue weighted by molar-refractivity contribution is 4.87. The molecule has 2 nitrogen and oxygen atoms in total. The number of hydrogen-bond acceptors (Lipinski definition) is 2. The first-order valence-corrected chi connectivity index (χ1v) is 9.54. The maximum atomic E-state index is 5.55. The second-order valence-electron chi connectivity index (χ2n) is 7.06. The Morgan fingerprint density at radius 1 is 1.05 bits per heavy atom. The van der Waals surface area contributed by atoms with Crippen molar-refractivity contribution in [2.45, 2.75) is 85.0 Å². The van der Waals surface area contributed by atoms with Crippen molar-refractivity contribution in [3.8, 4) is 0 Å². The van der Waals surface area contributed by atoms with E-state index in [1.165, 1.54) is 77.3 Å². The van der Waals surface area contributed by atoms with Gasteiger partial charge in [0.15, 0.2) is 0 Å². The second kappa shape index (κ2) is 11.5. The Hall–Kier alpha value is -0.0800. The minimum Gasteiger partial charge on any atom is -0.382 e. The number of unbranched alkanes of at least 4 members (excludes halogenated alkanes) is 1. The third-order valence-electron chi connectivity index (χ3n) is 5.26. The molecule has 0 bridgehead atoms. The van der Waals surface area contributed by atoms with Crippen LogP contribution >= 0.6 is 0 Å². The lowest BCUT2D eigenvalue weighted by atomic mass is 9.67. The van der Waals surface area contributed by atoms with E-state index in [2.05, 4.69) is 26.1 Å². The van der Waals surface area contributed by atoms with Crippen molar-refractivity contribution in [1.29, 1.82) is 0 Å². The first-order chi connectivity index (χ1) is 10.3. The fourth-order valence-electron chi connectivity index (χ4n) is 3.81. The van der Waals surface area contributed by atoms with Gasteiger partial charge in [0.1, 0.15) is 0 Å². The van der Waals surface area contributed by atoms with E-state index in [0.29, 0.717) is 5.41 Å². The van der Waals surface area contributed by atoms with Crippen molar-refractivity contribution in [3.63, 3.8) is 0 Å². The molecule has 1 aliphatic carbocycles. The van der Waals surface area contributed by atoms with Gasteiger partial charge in [0.2, 0.25) is 0 Å². The van der Waals surface area contributed by atoms with Gasteiger partial charge in [-0.3, -0.25) is 0 Å². The van der Waals surface area contributed by atoms with E-state index in [9.17, 15) is 0 Å². The monoisotopic (exact) mass is 297 g/mol. The van der Waals surface area contributed by atoms with Gasteiger partial charge in [0.25, 0.3) is 0 Å². The van der Waals surface area contributed by atoms with E-state index in [4.69, 9.17) is 4.74 Å². The summed E-state index contributed by atoms with van der Waals surface area (Å²) < 4.78 is 5.55. The molecule has 0 aliphatic heterocycles. The molecule has 0 unspecified atom stereocenters. The van der Waals surface area contributed by atoms with E-state index >= 15 is 0 Å². The summed E-state index contributed by atoms with van der Waals surface area (Å²) in [6, 6.07) is 0. The third-order valence-corrected chi connectivity index (χ3v) is 5.26. The summed E-state index contributed by atoms with van der Waals surface area (Å²) in [4.78, 5) is 0. The Morgan fingerprint density at radius 2 is 1.81 bits per heavy atom. The summed E-state index contributed by atoms with van der Waals surface area (Å²) in [5.74, 6) is 1.01. The van der Waals surface area contributed by atoms with Crippen molar-refractivity contribution in [2.24, 2.45) is 11.3 Å². The fraction of sp³-hybridized carbons (Fsp3) is 1.00. The summed E-state index contributed by atoms with van der Waals surface area (Å²) in [5.41, 5.74) is 0.564. The molecule has 0 saturated heterocycles. The molecular formula is C19H39NO. The average molecular weight is 298 g/mol. The normalized spacial score (nSPS) is 26.1. The smallest absolute Gasteiger partial charge is 0.0466 e. The molecule has 1 N–H and O–H groups in total. The van der Waals surface area contributed by atoms with Gasteiger partial charge in [-0.1, -0.05) is 33.1 Å². The first-order valence-electron chi connectivity index (χ1n) is 9.54. The fourth-order valence-corrected chi connectivity index (χ4v) is 3.81. The molecule has 0 heterocycles. The summed E-state index contributed by atoms with van der Waals surface area (Å²) in [7, 11) is 0. The minimum atomic E-state index is 0.564. The lowest BCUT2D eigenvalue weighted by Crippen LogP contribution is -2.38. The van der Waals surface area contributed by atoms with Gasteiger partial charge in [0, 0.05) is 19.8 Å². The minimum absolute atomic E-state index is 0.564. The highest BCUT2D eigenvalue weighted by Gasteiger charge is 2.34. The van der Waals surface area contributed by atoms with Crippen molar-refractivity contribution in [2.75, 3.05) is 26.3 Å². The first kappa shape index (κ1) is 19.0. The van der Waals surface area contributed by atoms with Crippen LogP contribution < -0.4 is 5.32 Å². The molecule has 126 valence electrons. The standard InChI is InChI=1S/C19H39NO/c1-4-7-9-18-10-13-19(14-11-18,17-20-15-5-2)12-8-16-21-6-3/h18,20H,4-17H2,1-3H3. The van der Waals surface area contributed by atoms with Gasteiger partial charge in [-0.2, -0.15) is 0 Å². The predicted octanol–water partition coefficient (Wildman–Crippen LogP) is 5.17. The molecule has 0 aromatic carbocycles. The molecule has 21 heavy (non-hydrogen) atoms. The molecule has 1 saturated carbocycles. The predicted molar refractivity (Wildman–Crippen MR) is 92.8 cm³/mol. The Bertz CT molecular complexity index is 234. The van der Waals surface area contributed by atoms with Gasteiger partial charge in [-0.05, 0) is 69.7 Å². The Morgan fingerprint density at radius 3 is 2.43 bits per heavy atom. The van der Waals surface area contributed by atoms with Crippen LogP contribution in [0.5, 0.6) is 0 Å². The molecule has 1 aliphatic rings. The molecule has 0 atom stereocenters. The lowest BCUT2D eigenvalue weighted by molar-refractivity contribution is 0.0942.